The van der Waals surface area contributed by atoms with E-state index in [0.29, 0.717) is 12.0 Å². The summed E-state index contributed by atoms with van der Waals surface area (Å²) in [6.45, 7) is 13.7. The quantitative estimate of drug-likeness (QED) is 0.698. The van der Waals surface area contributed by atoms with Crippen molar-refractivity contribution >= 4 is 12.6 Å². The van der Waals surface area contributed by atoms with E-state index in [4.69, 9.17) is 14.0 Å². The summed E-state index contributed by atoms with van der Waals surface area (Å²) in [5.41, 5.74) is -0.509. The minimum absolute atomic E-state index is 0.159. The maximum atomic E-state index is 14.8. The first-order valence-corrected chi connectivity index (χ1v) is 10.4. The number of hydrogen-bond donors (Lipinski definition) is 0. The molecular formula is C22H31BF2N2O3. The van der Waals surface area contributed by atoms with E-state index in [1.165, 1.54) is 0 Å². The van der Waals surface area contributed by atoms with Gasteiger partial charge >= 0.3 is 7.12 Å². The largest absolute Gasteiger partial charge is 0.494 e. The highest BCUT2D eigenvalue weighted by molar-refractivity contribution is 6.62. The van der Waals surface area contributed by atoms with E-state index in [2.05, 4.69) is 6.07 Å². The van der Waals surface area contributed by atoms with E-state index in [1.807, 2.05) is 48.5 Å². The minimum atomic E-state index is -3.01. The van der Waals surface area contributed by atoms with Crippen LogP contribution in [0.3, 0.4) is 0 Å². The number of halogens is 2. The zero-order valence-electron chi connectivity index (χ0n) is 18.9. The fourth-order valence-electron chi connectivity index (χ4n) is 3.65. The molecule has 0 N–H and O–H groups in total. The Morgan fingerprint density at radius 3 is 2.27 bits per heavy atom. The summed E-state index contributed by atoms with van der Waals surface area (Å²) in [4.78, 5) is 1.76. The van der Waals surface area contributed by atoms with Crippen molar-refractivity contribution in [1.29, 1.82) is 5.26 Å². The maximum Gasteiger partial charge on any atom is 0.494 e. The van der Waals surface area contributed by atoms with Crippen molar-refractivity contribution in [3.8, 4) is 11.8 Å². The predicted octanol–water partition coefficient (Wildman–Crippen LogP) is 3.74. The highest BCUT2D eigenvalue weighted by Gasteiger charge is 2.52. The van der Waals surface area contributed by atoms with Gasteiger partial charge in [0.2, 0.25) is 0 Å². The zero-order chi connectivity index (χ0) is 22.5. The van der Waals surface area contributed by atoms with Gasteiger partial charge in [-0.1, -0.05) is 6.07 Å². The first kappa shape index (κ1) is 23.0. The van der Waals surface area contributed by atoms with Gasteiger partial charge in [-0.25, -0.2) is 8.78 Å². The van der Waals surface area contributed by atoms with Crippen LogP contribution in [0.1, 0.15) is 60.5 Å². The third-order valence-electron chi connectivity index (χ3n) is 6.40. The number of benzene rings is 1. The summed E-state index contributed by atoms with van der Waals surface area (Å²) in [5.74, 6) is -2.85. The Morgan fingerprint density at radius 2 is 1.77 bits per heavy atom. The monoisotopic (exact) mass is 420 g/mol. The summed E-state index contributed by atoms with van der Waals surface area (Å²) in [6.07, 6.45) is -1.08. The average molecular weight is 420 g/mol. The molecule has 164 valence electrons. The molecule has 2 aliphatic rings. The molecule has 1 unspecified atom stereocenters. The third-order valence-corrected chi connectivity index (χ3v) is 6.40. The summed E-state index contributed by atoms with van der Waals surface area (Å²) in [5, 5.41) is 9.59. The standard InChI is InChI=1S/C22H31BF2N2O3/c1-19(2,3)27-11-10-18(22(24,25)14-27)28-17-9-8-16(12-15(17)13-26)23-29-20(4,5)21(6,7)30-23/h8-9,12,18H,10-11,14H2,1-7H3. The van der Waals surface area contributed by atoms with Crippen molar-refractivity contribution in [3.05, 3.63) is 23.8 Å². The number of nitrogens with zero attached hydrogens (tertiary/aromatic N) is 2. The van der Waals surface area contributed by atoms with E-state index in [-0.39, 0.29) is 29.8 Å². The molecule has 2 saturated heterocycles. The molecular weight excluding hydrogens is 389 g/mol. The van der Waals surface area contributed by atoms with Crippen molar-refractivity contribution in [3.63, 3.8) is 0 Å². The van der Waals surface area contributed by atoms with Gasteiger partial charge in [-0.15, -0.1) is 0 Å². The molecule has 1 atom stereocenters. The molecule has 0 amide bonds. The molecule has 1 aromatic carbocycles. The molecule has 5 nitrogen and oxygen atoms in total. The van der Waals surface area contributed by atoms with Crippen molar-refractivity contribution in [2.75, 3.05) is 13.1 Å². The van der Waals surface area contributed by atoms with Gasteiger partial charge in [0.1, 0.15) is 11.8 Å². The summed E-state index contributed by atoms with van der Waals surface area (Å²) >= 11 is 0. The van der Waals surface area contributed by atoms with Gasteiger partial charge < -0.3 is 14.0 Å². The number of piperidine rings is 1. The maximum absolute atomic E-state index is 14.8. The third kappa shape index (κ3) is 4.34. The number of likely N-dealkylation sites (tertiary alicyclic amines) is 1. The molecule has 0 bridgehead atoms. The molecule has 0 radical (unpaired) electrons. The van der Waals surface area contributed by atoms with Crippen LogP contribution in [-0.4, -0.2) is 53.9 Å². The normalized spacial score (nSPS) is 25.7. The molecule has 2 fully saturated rings. The lowest BCUT2D eigenvalue weighted by molar-refractivity contribution is -0.153. The van der Waals surface area contributed by atoms with Crippen molar-refractivity contribution < 1.29 is 22.8 Å². The summed E-state index contributed by atoms with van der Waals surface area (Å²) in [7, 11) is -0.632. The molecule has 0 aliphatic carbocycles. The first-order valence-electron chi connectivity index (χ1n) is 10.4. The van der Waals surface area contributed by atoms with Crippen LogP contribution in [0.5, 0.6) is 5.75 Å². The number of alkyl halides is 2. The first-order chi connectivity index (χ1) is 13.7. The Bertz CT molecular complexity index is 830. The van der Waals surface area contributed by atoms with Crippen LogP contribution in [0.2, 0.25) is 0 Å². The van der Waals surface area contributed by atoms with Crippen molar-refractivity contribution in [1.82, 2.24) is 4.90 Å². The minimum Gasteiger partial charge on any atom is -0.483 e. The summed E-state index contributed by atoms with van der Waals surface area (Å²) < 4.78 is 47.3. The lowest BCUT2D eigenvalue weighted by Gasteiger charge is -2.44. The molecule has 2 aliphatic heterocycles. The number of rotatable bonds is 3. The van der Waals surface area contributed by atoms with Gasteiger partial charge in [0.05, 0.1) is 23.3 Å². The molecule has 1 aromatic rings. The molecule has 2 heterocycles. The number of ether oxygens (including phenoxy) is 1. The Morgan fingerprint density at radius 1 is 1.17 bits per heavy atom. The molecule has 0 aromatic heterocycles. The fraction of sp³-hybridized carbons (Fsp3) is 0.682. The van der Waals surface area contributed by atoms with E-state index in [9.17, 15) is 14.0 Å². The number of nitriles is 1. The molecule has 3 rings (SSSR count). The zero-order valence-corrected chi connectivity index (χ0v) is 18.9. The van der Waals surface area contributed by atoms with Gasteiger partial charge in [0.15, 0.2) is 6.10 Å². The molecule has 8 heteroatoms. The van der Waals surface area contributed by atoms with E-state index in [0.717, 1.165) is 0 Å². The Labute approximate surface area is 178 Å². The Balaban J connectivity index is 1.78. The van der Waals surface area contributed by atoms with E-state index in [1.54, 1.807) is 23.1 Å². The molecule has 0 spiro atoms. The second-order valence-electron chi connectivity index (χ2n) is 10.2. The van der Waals surface area contributed by atoms with Crippen molar-refractivity contribution in [2.24, 2.45) is 0 Å². The van der Waals surface area contributed by atoms with Gasteiger partial charge in [-0.05, 0) is 66.1 Å². The van der Waals surface area contributed by atoms with Crippen molar-refractivity contribution in [2.45, 2.75) is 83.7 Å². The highest BCUT2D eigenvalue weighted by atomic mass is 19.3. The van der Waals surface area contributed by atoms with Crippen LogP contribution in [0.25, 0.3) is 0 Å². The fourth-order valence-corrected chi connectivity index (χ4v) is 3.65. The number of hydrogen-bond acceptors (Lipinski definition) is 5. The second kappa shape index (κ2) is 7.47. The van der Waals surface area contributed by atoms with Crippen LogP contribution in [0.4, 0.5) is 8.78 Å². The molecule has 30 heavy (non-hydrogen) atoms. The van der Waals surface area contributed by atoms with Gasteiger partial charge in [-0.3, -0.25) is 4.90 Å². The lowest BCUT2D eigenvalue weighted by atomic mass is 9.78. The van der Waals surface area contributed by atoms with E-state index >= 15 is 0 Å². The summed E-state index contributed by atoms with van der Waals surface area (Å²) in [6, 6.07) is 6.93. The SMILES string of the molecule is CC(C)(C)N1CCC(Oc2ccc(B3OC(C)(C)C(C)(C)O3)cc2C#N)C(F)(F)C1. The smallest absolute Gasteiger partial charge is 0.483 e. The van der Waals surface area contributed by atoms with Crippen LogP contribution < -0.4 is 10.2 Å². The predicted molar refractivity (Wildman–Crippen MR) is 112 cm³/mol. The Kier molecular flexibility index (Phi) is 5.73. The van der Waals surface area contributed by atoms with Gasteiger partial charge in [0.25, 0.3) is 5.92 Å². The van der Waals surface area contributed by atoms with Crippen LogP contribution >= 0.6 is 0 Å². The average Bonchev–Trinajstić information content (AvgIpc) is 2.83. The van der Waals surface area contributed by atoms with Gasteiger partial charge in [0, 0.05) is 18.5 Å². The van der Waals surface area contributed by atoms with Gasteiger partial charge in [-0.2, -0.15) is 5.26 Å². The second-order valence-corrected chi connectivity index (χ2v) is 10.2. The molecule has 0 saturated carbocycles. The van der Waals surface area contributed by atoms with Crippen LogP contribution in [0.15, 0.2) is 18.2 Å². The highest BCUT2D eigenvalue weighted by Crippen LogP contribution is 2.37. The van der Waals surface area contributed by atoms with E-state index < -0.39 is 30.3 Å². The lowest BCUT2D eigenvalue weighted by Crippen LogP contribution is -2.58. The van der Waals surface area contributed by atoms with Crippen LogP contribution in [0, 0.1) is 11.3 Å². The van der Waals surface area contributed by atoms with Crippen LogP contribution in [-0.2, 0) is 9.31 Å². The topological polar surface area (TPSA) is 54.7 Å². The Hall–Kier alpha value is -1.69.